The highest BCUT2D eigenvalue weighted by Crippen LogP contribution is 2.28. The molecule has 0 heterocycles. The summed E-state index contributed by atoms with van der Waals surface area (Å²) < 4.78 is 5.29. The predicted octanol–water partition coefficient (Wildman–Crippen LogP) is 3.60. The Kier molecular flexibility index (Phi) is 5.53. The van der Waals surface area contributed by atoms with E-state index in [1.807, 2.05) is 20.8 Å². The SMILES string of the molecule is CC(NC1CC(NC(=O)OC(C)(C)C)C1)C1CCCCC1. The lowest BCUT2D eigenvalue weighted by atomic mass is 9.81. The molecule has 2 rings (SSSR count). The third kappa shape index (κ3) is 5.50. The minimum Gasteiger partial charge on any atom is -0.444 e. The van der Waals surface area contributed by atoms with E-state index in [4.69, 9.17) is 4.74 Å². The van der Waals surface area contributed by atoms with Gasteiger partial charge in [-0.3, -0.25) is 0 Å². The topological polar surface area (TPSA) is 50.4 Å². The van der Waals surface area contributed by atoms with Crippen molar-refractivity contribution in [1.29, 1.82) is 0 Å². The third-order valence-electron chi connectivity index (χ3n) is 4.71. The van der Waals surface area contributed by atoms with Gasteiger partial charge in [-0.1, -0.05) is 19.3 Å². The smallest absolute Gasteiger partial charge is 0.407 e. The fourth-order valence-corrected chi connectivity index (χ4v) is 3.49. The Morgan fingerprint density at radius 3 is 2.29 bits per heavy atom. The maximum absolute atomic E-state index is 11.7. The summed E-state index contributed by atoms with van der Waals surface area (Å²) in [5.41, 5.74) is -0.416. The molecule has 0 aromatic rings. The van der Waals surface area contributed by atoms with Gasteiger partial charge in [0, 0.05) is 18.1 Å². The molecule has 1 atom stereocenters. The number of hydrogen-bond donors (Lipinski definition) is 2. The first-order valence-electron chi connectivity index (χ1n) is 8.59. The average Bonchev–Trinajstić information content (AvgIpc) is 2.35. The van der Waals surface area contributed by atoms with E-state index < -0.39 is 5.60 Å². The third-order valence-corrected chi connectivity index (χ3v) is 4.71. The highest BCUT2D eigenvalue weighted by atomic mass is 16.6. The van der Waals surface area contributed by atoms with Crippen molar-refractivity contribution in [1.82, 2.24) is 10.6 Å². The van der Waals surface area contributed by atoms with Crippen LogP contribution in [-0.2, 0) is 4.74 Å². The zero-order valence-electron chi connectivity index (χ0n) is 14.1. The summed E-state index contributed by atoms with van der Waals surface area (Å²) in [5.74, 6) is 0.844. The van der Waals surface area contributed by atoms with Crippen molar-refractivity contribution in [2.45, 2.75) is 96.4 Å². The molecule has 4 heteroatoms. The Morgan fingerprint density at radius 2 is 1.71 bits per heavy atom. The van der Waals surface area contributed by atoms with Gasteiger partial charge in [0.25, 0.3) is 0 Å². The molecular formula is C17H32N2O2. The van der Waals surface area contributed by atoms with E-state index >= 15 is 0 Å². The Hall–Kier alpha value is -0.770. The monoisotopic (exact) mass is 296 g/mol. The van der Waals surface area contributed by atoms with Crippen molar-refractivity contribution in [3.8, 4) is 0 Å². The fourth-order valence-electron chi connectivity index (χ4n) is 3.49. The van der Waals surface area contributed by atoms with E-state index in [2.05, 4.69) is 17.6 Å². The van der Waals surface area contributed by atoms with Gasteiger partial charge in [0.05, 0.1) is 0 Å². The molecule has 0 radical (unpaired) electrons. The van der Waals surface area contributed by atoms with Crippen LogP contribution in [0.2, 0.25) is 0 Å². The Balaban J connectivity index is 1.61. The van der Waals surface area contributed by atoms with Gasteiger partial charge in [-0.2, -0.15) is 0 Å². The summed E-state index contributed by atoms with van der Waals surface area (Å²) in [5, 5.41) is 6.70. The van der Waals surface area contributed by atoms with E-state index in [1.54, 1.807) is 0 Å². The van der Waals surface area contributed by atoms with Crippen LogP contribution in [0, 0.1) is 5.92 Å². The standard InChI is InChI=1S/C17H32N2O2/c1-12(13-8-6-5-7-9-13)18-14-10-15(11-14)19-16(20)21-17(2,3)4/h12-15,18H,5-11H2,1-4H3,(H,19,20). The van der Waals surface area contributed by atoms with Crippen molar-refractivity contribution in [3.05, 3.63) is 0 Å². The molecule has 1 unspecified atom stereocenters. The molecule has 0 spiro atoms. The van der Waals surface area contributed by atoms with E-state index in [0.29, 0.717) is 12.1 Å². The van der Waals surface area contributed by atoms with Gasteiger partial charge in [-0.25, -0.2) is 4.79 Å². The molecule has 0 aliphatic heterocycles. The number of rotatable bonds is 4. The summed E-state index contributed by atoms with van der Waals surface area (Å²) >= 11 is 0. The zero-order chi connectivity index (χ0) is 15.5. The number of amides is 1. The molecular weight excluding hydrogens is 264 g/mol. The van der Waals surface area contributed by atoms with Crippen molar-refractivity contribution >= 4 is 6.09 Å². The summed E-state index contributed by atoms with van der Waals surface area (Å²) in [4.78, 5) is 11.7. The number of ether oxygens (including phenoxy) is 1. The normalized spacial score (nSPS) is 28.6. The largest absolute Gasteiger partial charge is 0.444 e. The number of nitrogens with one attached hydrogen (secondary N) is 2. The summed E-state index contributed by atoms with van der Waals surface area (Å²) in [7, 11) is 0. The van der Waals surface area contributed by atoms with Crippen LogP contribution in [0.5, 0.6) is 0 Å². The van der Waals surface area contributed by atoms with Crippen molar-refractivity contribution in [2.75, 3.05) is 0 Å². The lowest BCUT2D eigenvalue weighted by Crippen LogP contribution is -2.55. The second-order valence-corrected chi connectivity index (χ2v) is 7.86. The highest BCUT2D eigenvalue weighted by Gasteiger charge is 2.33. The van der Waals surface area contributed by atoms with E-state index in [9.17, 15) is 4.79 Å². The molecule has 2 aliphatic carbocycles. The fraction of sp³-hybridized carbons (Fsp3) is 0.941. The number of carbonyl (C=O) groups excluding carboxylic acids is 1. The molecule has 2 saturated carbocycles. The van der Waals surface area contributed by atoms with Crippen LogP contribution >= 0.6 is 0 Å². The minimum absolute atomic E-state index is 0.274. The summed E-state index contributed by atoms with van der Waals surface area (Å²) in [6, 6.07) is 1.44. The minimum atomic E-state index is -0.416. The second kappa shape index (κ2) is 6.99. The van der Waals surface area contributed by atoms with Crippen LogP contribution in [-0.4, -0.2) is 29.8 Å². The zero-order valence-corrected chi connectivity index (χ0v) is 14.1. The molecule has 2 aliphatic rings. The summed E-state index contributed by atoms with van der Waals surface area (Å²) in [6.07, 6.45) is 8.71. The molecule has 0 aromatic carbocycles. The van der Waals surface area contributed by atoms with Crippen LogP contribution in [0.3, 0.4) is 0 Å². The highest BCUT2D eigenvalue weighted by molar-refractivity contribution is 5.68. The molecule has 21 heavy (non-hydrogen) atoms. The lowest BCUT2D eigenvalue weighted by Gasteiger charge is -2.40. The first-order chi connectivity index (χ1) is 9.83. The molecule has 2 N–H and O–H groups in total. The molecule has 1 amide bonds. The van der Waals surface area contributed by atoms with E-state index in [-0.39, 0.29) is 12.1 Å². The molecule has 0 aromatic heterocycles. The average molecular weight is 296 g/mol. The molecule has 0 saturated heterocycles. The Morgan fingerprint density at radius 1 is 1.10 bits per heavy atom. The van der Waals surface area contributed by atoms with Gasteiger partial charge in [-0.05, 0) is 59.3 Å². The van der Waals surface area contributed by atoms with Gasteiger partial charge in [-0.15, -0.1) is 0 Å². The number of carbonyl (C=O) groups is 1. The van der Waals surface area contributed by atoms with E-state index in [0.717, 1.165) is 18.8 Å². The van der Waals surface area contributed by atoms with Crippen LogP contribution in [0.1, 0.15) is 72.6 Å². The number of hydrogen-bond acceptors (Lipinski definition) is 3. The van der Waals surface area contributed by atoms with Crippen molar-refractivity contribution in [3.63, 3.8) is 0 Å². The maximum atomic E-state index is 11.7. The molecule has 4 nitrogen and oxygen atoms in total. The molecule has 2 fully saturated rings. The van der Waals surface area contributed by atoms with Crippen molar-refractivity contribution in [2.24, 2.45) is 5.92 Å². The van der Waals surface area contributed by atoms with Gasteiger partial charge in [0.1, 0.15) is 5.60 Å². The lowest BCUT2D eigenvalue weighted by molar-refractivity contribution is 0.0460. The molecule has 122 valence electrons. The maximum Gasteiger partial charge on any atom is 0.407 e. The quantitative estimate of drug-likeness (QED) is 0.833. The number of alkyl carbamates (subject to hydrolysis) is 1. The molecule has 0 bridgehead atoms. The first-order valence-corrected chi connectivity index (χ1v) is 8.59. The second-order valence-electron chi connectivity index (χ2n) is 7.86. The van der Waals surface area contributed by atoms with Crippen LogP contribution in [0.15, 0.2) is 0 Å². The summed E-state index contributed by atoms with van der Waals surface area (Å²) in [6.45, 7) is 8.00. The van der Waals surface area contributed by atoms with Crippen LogP contribution in [0.25, 0.3) is 0 Å². The van der Waals surface area contributed by atoms with Crippen LogP contribution in [0.4, 0.5) is 4.79 Å². The Labute approximate surface area is 129 Å². The van der Waals surface area contributed by atoms with Gasteiger partial charge in [0.2, 0.25) is 0 Å². The van der Waals surface area contributed by atoms with Gasteiger partial charge < -0.3 is 15.4 Å². The van der Waals surface area contributed by atoms with E-state index in [1.165, 1.54) is 32.1 Å². The van der Waals surface area contributed by atoms with Gasteiger partial charge in [0.15, 0.2) is 0 Å². The van der Waals surface area contributed by atoms with Gasteiger partial charge >= 0.3 is 6.09 Å². The Bertz CT molecular complexity index is 339. The van der Waals surface area contributed by atoms with Crippen LogP contribution < -0.4 is 10.6 Å². The first kappa shape index (κ1) is 16.6. The van der Waals surface area contributed by atoms with Crippen molar-refractivity contribution < 1.29 is 9.53 Å². The predicted molar refractivity (Wildman–Crippen MR) is 85.4 cm³/mol.